The third-order valence-corrected chi connectivity index (χ3v) is 2.76. The van der Waals surface area contributed by atoms with E-state index >= 15 is 0 Å². The van der Waals surface area contributed by atoms with Gasteiger partial charge in [-0.3, -0.25) is 0 Å². The predicted molar refractivity (Wildman–Crippen MR) is 71.4 cm³/mol. The third kappa shape index (κ3) is 5.57. The third-order valence-electron chi connectivity index (χ3n) is 2.76. The molecule has 0 amide bonds. The molecule has 0 spiro atoms. The van der Waals surface area contributed by atoms with Crippen molar-refractivity contribution in [1.82, 2.24) is 25.0 Å². The molecule has 0 unspecified atom stereocenters. The van der Waals surface area contributed by atoms with Gasteiger partial charge in [0.05, 0.1) is 13.2 Å². The summed E-state index contributed by atoms with van der Waals surface area (Å²) in [6, 6.07) is 0. The molecule has 1 rings (SSSR count). The number of methoxy groups -OCH3 is 1. The van der Waals surface area contributed by atoms with Gasteiger partial charge >= 0.3 is 0 Å². The zero-order valence-electron chi connectivity index (χ0n) is 11.7. The van der Waals surface area contributed by atoms with Gasteiger partial charge in [0.15, 0.2) is 0 Å². The fraction of sp³-hybridized carbons (Fsp3) is 0.833. The summed E-state index contributed by atoms with van der Waals surface area (Å²) in [5.74, 6) is 1.01. The van der Waals surface area contributed by atoms with Crippen LogP contribution in [0.3, 0.4) is 0 Å². The highest BCUT2D eigenvalue weighted by Crippen LogP contribution is 1.95. The minimum absolute atomic E-state index is 0.776. The molecule has 0 saturated heterocycles. The number of nitrogens with zero attached hydrogens (tertiary/aromatic N) is 4. The molecule has 1 N–H and O–H groups in total. The van der Waals surface area contributed by atoms with Crippen molar-refractivity contribution in [3.05, 3.63) is 12.2 Å². The summed E-state index contributed by atoms with van der Waals surface area (Å²) in [6.45, 7) is 7.54. The highest BCUT2D eigenvalue weighted by molar-refractivity contribution is 4.83. The molecule has 104 valence electrons. The summed E-state index contributed by atoms with van der Waals surface area (Å²) in [5, 5.41) is 7.59. The Labute approximate surface area is 109 Å². The summed E-state index contributed by atoms with van der Waals surface area (Å²) in [7, 11) is 3.83. The first-order valence-corrected chi connectivity index (χ1v) is 6.52. The van der Waals surface area contributed by atoms with Crippen LogP contribution in [0.25, 0.3) is 0 Å². The van der Waals surface area contributed by atoms with Gasteiger partial charge in [0, 0.05) is 33.3 Å². The summed E-state index contributed by atoms with van der Waals surface area (Å²) in [4.78, 5) is 6.50. The first kappa shape index (κ1) is 15.1. The highest BCUT2D eigenvalue weighted by atomic mass is 16.5. The van der Waals surface area contributed by atoms with E-state index in [2.05, 4.69) is 34.3 Å². The molecular formula is C12H25N5O. The van der Waals surface area contributed by atoms with Gasteiger partial charge in [0.1, 0.15) is 12.2 Å². The zero-order chi connectivity index (χ0) is 13.2. The van der Waals surface area contributed by atoms with Crippen LogP contribution in [-0.4, -0.2) is 60.1 Å². The minimum Gasteiger partial charge on any atom is -0.383 e. The Balaban J connectivity index is 2.15. The molecule has 6 nitrogen and oxygen atoms in total. The standard InChI is InChI=1S/C12H25N5O/c1-4-6-17-12(14-11-15-17)10-13-5-7-16(2)8-9-18-3/h11,13H,4-10H2,1-3H3. The topological polar surface area (TPSA) is 55.2 Å². The van der Waals surface area contributed by atoms with Crippen LogP contribution in [0.2, 0.25) is 0 Å². The second-order valence-corrected chi connectivity index (χ2v) is 4.37. The molecule has 1 aromatic rings. The summed E-state index contributed by atoms with van der Waals surface area (Å²) in [5.41, 5.74) is 0. The number of likely N-dealkylation sites (N-methyl/N-ethyl adjacent to an activating group) is 1. The lowest BCUT2D eigenvalue weighted by Crippen LogP contribution is -2.31. The Hall–Kier alpha value is -0.980. The number of aryl methyl sites for hydroxylation is 1. The van der Waals surface area contributed by atoms with Crippen LogP contribution in [0.1, 0.15) is 19.2 Å². The highest BCUT2D eigenvalue weighted by Gasteiger charge is 2.03. The Morgan fingerprint density at radius 3 is 3.00 bits per heavy atom. The Bertz CT molecular complexity index is 315. The number of nitrogens with one attached hydrogen (secondary N) is 1. The molecule has 0 fully saturated rings. The minimum atomic E-state index is 0.776. The van der Waals surface area contributed by atoms with Gasteiger partial charge in [-0.15, -0.1) is 0 Å². The average Bonchev–Trinajstić information content (AvgIpc) is 2.80. The van der Waals surface area contributed by atoms with E-state index in [0.29, 0.717) is 0 Å². The van der Waals surface area contributed by atoms with Gasteiger partial charge in [-0.2, -0.15) is 5.10 Å². The van der Waals surface area contributed by atoms with E-state index in [1.54, 1.807) is 13.4 Å². The number of rotatable bonds is 10. The maximum absolute atomic E-state index is 5.04. The van der Waals surface area contributed by atoms with Gasteiger partial charge in [0.2, 0.25) is 0 Å². The van der Waals surface area contributed by atoms with Crippen LogP contribution in [0, 0.1) is 0 Å². The Morgan fingerprint density at radius 2 is 2.28 bits per heavy atom. The van der Waals surface area contributed by atoms with Gasteiger partial charge in [-0.1, -0.05) is 6.92 Å². The van der Waals surface area contributed by atoms with E-state index in [1.807, 2.05) is 4.68 Å². The van der Waals surface area contributed by atoms with E-state index < -0.39 is 0 Å². The lowest BCUT2D eigenvalue weighted by Gasteiger charge is -2.16. The van der Waals surface area contributed by atoms with Crippen LogP contribution >= 0.6 is 0 Å². The molecule has 0 aliphatic heterocycles. The number of hydrogen-bond donors (Lipinski definition) is 1. The first-order valence-electron chi connectivity index (χ1n) is 6.52. The van der Waals surface area contributed by atoms with Crippen molar-refractivity contribution in [3.8, 4) is 0 Å². The lowest BCUT2D eigenvalue weighted by molar-refractivity contribution is 0.161. The van der Waals surface area contributed by atoms with Crippen molar-refractivity contribution in [2.45, 2.75) is 26.4 Å². The molecule has 0 aromatic carbocycles. The molecule has 1 aromatic heterocycles. The van der Waals surface area contributed by atoms with Crippen molar-refractivity contribution in [2.75, 3.05) is 40.4 Å². The van der Waals surface area contributed by atoms with Crippen LogP contribution in [0.5, 0.6) is 0 Å². The van der Waals surface area contributed by atoms with Gasteiger partial charge in [-0.25, -0.2) is 9.67 Å². The van der Waals surface area contributed by atoms with E-state index in [9.17, 15) is 0 Å². The second kappa shape index (κ2) is 9.02. The largest absolute Gasteiger partial charge is 0.383 e. The maximum atomic E-state index is 5.04. The van der Waals surface area contributed by atoms with Crippen molar-refractivity contribution in [3.63, 3.8) is 0 Å². The fourth-order valence-corrected chi connectivity index (χ4v) is 1.65. The quantitative estimate of drug-likeness (QED) is 0.612. The normalized spacial score (nSPS) is 11.3. The van der Waals surface area contributed by atoms with E-state index in [4.69, 9.17) is 4.74 Å². The Kier molecular flexibility index (Phi) is 7.55. The summed E-state index contributed by atoms with van der Waals surface area (Å²) < 4.78 is 7.00. The molecule has 6 heteroatoms. The molecule has 0 bridgehead atoms. The lowest BCUT2D eigenvalue weighted by atomic mass is 10.4. The van der Waals surface area contributed by atoms with Gasteiger partial charge < -0.3 is 15.0 Å². The SMILES string of the molecule is CCCn1ncnc1CNCCN(C)CCOC. The smallest absolute Gasteiger partial charge is 0.140 e. The molecule has 1 heterocycles. The summed E-state index contributed by atoms with van der Waals surface area (Å²) >= 11 is 0. The molecule has 0 radical (unpaired) electrons. The van der Waals surface area contributed by atoms with E-state index in [1.165, 1.54) is 0 Å². The van der Waals surface area contributed by atoms with Crippen molar-refractivity contribution >= 4 is 0 Å². The van der Waals surface area contributed by atoms with E-state index in [-0.39, 0.29) is 0 Å². The van der Waals surface area contributed by atoms with Crippen molar-refractivity contribution in [2.24, 2.45) is 0 Å². The van der Waals surface area contributed by atoms with Gasteiger partial charge in [-0.05, 0) is 13.5 Å². The molecule has 18 heavy (non-hydrogen) atoms. The molecule has 0 aliphatic rings. The maximum Gasteiger partial charge on any atom is 0.140 e. The van der Waals surface area contributed by atoms with Crippen molar-refractivity contribution < 1.29 is 4.74 Å². The van der Waals surface area contributed by atoms with Crippen LogP contribution in [-0.2, 0) is 17.8 Å². The Morgan fingerprint density at radius 1 is 1.44 bits per heavy atom. The predicted octanol–water partition coefficient (Wildman–Crippen LogP) is 0.356. The van der Waals surface area contributed by atoms with Crippen LogP contribution in [0.15, 0.2) is 6.33 Å². The molecule has 0 atom stereocenters. The fourth-order valence-electron chi connectivity index (χ4n) is 1.65. The number of aromatic nitrogens is 3. The summed E-state index contributed by atoms with van der Waals surface area (Å²) in [6.07, 6.45) is 2.70. The molecule has 0 aliphatic carbocycles. The van der Waals surface area contributed by atoms with Crippen LogP contribution in [0.4, 0.5) is 0 Å². The van der Waals surface area contributed by atoms with Crippen molar-refractivity contribution in [1.29, 1.82) is 0 Å². The van der Waals surface area contributed by atoms with E-state index in [0.717, 1.165) is 51.6 Å². The molecular weight excluding hydrogens is 230 g/mol. The number of ether oxygens (including phenoxy) is 1. The zero-order valence-corrected chi connectivity index (χ0v) is 11.7. The second-order valence-electron chi connectivity index (χ2n) is 4.37. The molecule has 0 saturated carbocycles. The van der Waals surface area contributed by atoms with Gasteiger partial charge in [0.25, 0.3) is 0 Å². The average molecular weight is 255 g/mol. The first-order chi connectivity index (χ1) is 8.77. The van der Waals surface area contributed by atoms with Crippen LogP contribution < -0.4 is 5.32 Å². The number of hydrogen-bond acceptors (Lipinski definition) is 5. The monoisotopic (exact) mass is 255 g/mol.